The van der Waals surface area contributed by atoms with Crippen LogP contribution >= 0.6 is 0 Å². The molecule has 0 radical (unpaired) electrons. The van der Waals surface area contributed by atoms with Crippen molar-refractivity contribution in [3.8, 4) is 0 Å². The molecule has 3 N–H and O–H groups in total. The number of rotatable bonds is 7. The minimum atomic E-state index is -4.52. The number of hydrogen-bond acceptors (Lipinski definition) is 4. The highest BCUT2D eigenvalue weighted by Crippen LogP contribution is 2.14. The number of amides is 1. The number of carboxylic acid groups (broad SMARTS) is 1. The quantitative estimate of drug-likeness (QED) is 0.602. The number of hydrogen-bond donors (Lipinski definition) is 3. The van der Waals surface area contributed by atoms with Gasteiger partial charge in [-0.1, -0.05) is 0 Å². The molecule has 0 fully saturated rings. The van der Waals surface area contributed by atoms with Crippen molar-refractivity contribution in [1.29, 1.82) is 0 Å². The van der Waals surface area contributed by atoms with Crippen molar-refractivity contribution < 1.29 is 37.7 Å². The first kappa shape index (κ1) is 16.6. The first-order chi connectivity index (χ1) is 8.02. The van der Waals surface area contributed by atoms with Crippen LogP contribution in [0.1, 0.15) is 13.3 Å². The molecule has 0 aliphatic heterocycles. The lowest BCUT2D eigenvalue weighted by molar-refractivity contribution is -0.176. The Balaban J connectivity index is 3.86. The van der Waals surface area contributed by atoms with E-state index >= 15 is 0 Å². The fourth-order valence-corrected chi connectivity index (χ4v) is 0.988. The van der Waals surface area contributed by atoms with Crippen molar-refractivity contribution in [2.24, 2.45) is 0 Å². The molecule has 0 spiro atoms. The molecule has 1 unspecified atom stereocenters. The number of alkyl halides is 3. The van der Waals surface area contributed by atoms with Gasteiger partial charge in [-0.15, -0.1) is 0 Å². The number of aliphatic carboxylic acids is 1. The Morgan fingerprint density at radius 2 is 1.89 bits per heavy atom. The van der Waals surface area contributed by atoms with E-state index in [0.717, 1.165) is 0 Å². The van der Waals surface area contributed by atoms with E-state index in [1.165, 1.54) is 6.92 Å². The van der Waals surface area contributed by atoms with E-state index < -0.39 is 49.8 Å². The van der Waals surface area contributed by atoms with Crippen molar-refractivity contribution in [2.45, 2.75) is 25.1 Å². The second-order valence-electron chi connectivity index (χ2n) is 3.95. The Kier molecular flexibility index (Phi) is 6.06. The molecule has 0 saturated carbocycles. The summed E-state index contributed by atoms with van der Waals surface area (Å²) >= 11 is 0. The van der Waals surface area contributed by atoms with Gasteiger partial charge >= 0.3 is 12.1 Å². The average molecular weight is 273 g/mol. The summed E-state index contributed by atoms with van der Waals surface area (Å²) in [5.41, 5.74) is -1.68. The lowest BCUT2D eigenvalue weighted by Crippen LogP contribution is -2.43. The Morgan fingerprint density at radius 3 is 2.33 bits per heavy atom. The Bertz CT molecular complexity index is 303. The van der Waals surface area contributed by atoms with Gasteiger partial charge in [0, 0.05) is 6.54 Å². The highest BCUT2D eigenvalue weighted by Gasteiger charge is 2.28. The first-order valence-electron chi connectivity index (χ1n) is 4.87. The van der Waals surface area contributed by atoms with Gasteiger partial charge in [0.05, 0.1) is 12.0 Å². The van der Waals surface area contributed by atoms with Crippen LogP contribution in [0.4, 0.5) is 13.2 Å². The standard InChI is InChI=1S/C9H14F3NO5/c1-8(17,2-7(15)16)4-13-6(14)3-18-5-9(10,11)12/h17H,2-5H2,1H3,(H,13,14)(H,15,16). The van der Waals surface area contributed by atoms with E-state index in [1.54, 1.807) is 0 Å². The number of halogens is 3. The zero-order valence-corrected chi connectivity index (χ0v) is 9.58. The lowest BCUT2D eigenvalue weighted by Gasteiger charge is -2.21. The minimum absolute atomic E-state index is 0.395. The molecule has 0 bridgehead atoms. The third-order valence-corrected chi connectivity index (χ3v) is 1.70. The number of nitrogens with one attached hydrogen (secondary N) is 1. The summed E-state index contributed by atoms with van der Waals surface area (Å²) in [6, 6.07) is 0. The van der Waals surface area contributed by atoms with Crippen LogP contribution in [0.15, 0.2) is 0 Å². The molecule has 0 aliphatic rings. The monoisotopic (exact) mass is 273 g/mol. The maximum atomic E-state index is 11.7. The Hall–Kier alpha value is -1.35. The molecule has 0 aromatic carbocycles. The molecular weight excluding hydrogens is 259 g/mol. The predicted octanol–water partition coefficient (Wildman–Crippen LogP) is -0.0928. The van der Waals surface area contributed by atoms with Crippen LogP contribution in [0.3, 0.4) is 0 Å². The summed E-state index contributed by atoms with van der Waals surface area (Å²) in [4.78, 5) is 21.3. The molecule has 18 heavy (non-hydrogen) atoms. The summed E-state index contributed by atoms with van der Waals surface area (Å²) < 4.78 is 39.1. The van der Waals surface area contributed by atoms with Crippen molar-refractivity contribution >= 4 is 11.9 Å². The van der Waals surface area contributed by atoms with Gasteiger partial charge in [0.15, 0.2) is 0 Å². The number of carbonyl (C=O) groups is 2. The van der Waals surface area contributed by atoms with Gasteiger partial charge in [0.2, 0.25) is 5.91 Å². The molecule has 0 rings (SSSR count). The van der Waals surface area contributed by atoms with E-state index in [-0.39, 0.29) is 0 Å². The molecular formula is C9H14F3NO5. The molecule has 1 atom stereocenters. The molecule has 6 nitrogen and oxygen atoms in total. The van der Waals surface area contributed by atoms with E-state index in [1.807, 2.05) is 0 Å². The van der Waals surface area contributed by atoms with Crippen LogP contribution < -0.4 is 5.32 Å². The summed E-state index contributed by atoms with van der Waals surface area (Å²) in [6.07, 6.45) is -5.12. The zero-order valence-electron chi connectivity index (χ0n) is 9.58. The van der Waals surface area contributed by atoms with Gasteiger partial charge in [-0.25, -0.2) is 0 Å². The van der Waals surface area contributed by atoms with E-state index in [2.05, 4.69) is 10.1 Å². The predicted molar refractivity (Wildman–Crippen MR) is 52.8 cm³/mol. The first-order valence-corrected chi connectivity index (χ1v) is 4.87. The van der Waals surface area contributed by atoms with Crippen LogP contribution in [0, 0.1) is 0 Å². The largest absolute Gasteiger partial charge is 0.481 e. The Labute approximate surface area is 101 Å². The molecule has 9 heteroatoms. The zero-order chi connectivity index (χ0) is 14.4. The smallest absolute Gasteiger partial charge is 0.411 e. The molecule has 1 amide bonds. The van der Waals surface area contributed by atoms with Gasteiger partial charge < -0.3 is 20.3 Å². The molecule has 0 aliphatic carbocycles. The average Bonchev–Trinajstić information content (AvgIpc) is 2.10. The van der Waals surface area contributed by atoms with Gasteiger partial charge in [-0.3, -0.25) is 9.59 Å². The molecule has 106 valence electrons. The van der Waals surface area contributed by atoms with Crippen LogP contribution in [-0.4, -0.2) is 53.6 Å². The normalized spacial score (nSPS) is 14.9. The van der Waals surface area contributed by atoms with Gasteiger partial charge in [0.1, 0.15) is 13.2 Å². The van der Waals surface area contributed by atoms with Crippen molar-refractivity contribution in [2.75, 3.05) is 19.8 Å². The van der Waals surface area contributed by atoms with Crippen molar-refractivity contribution in [3.63, 3.8) is 0 Å². The summed E-state index contributed by atoms with van der Waals surface area (Å²) in [5.74, 6) is -2.13. The highest BCUT2D eigenvalue weighted by atomic mass is 19.4. The minimum Gasteiger partial charge on any atom is -0.481 e. The maximum Gasteiger partial charge on any atom is 0.411 e. The van der Waals surface area contributed by atoms with Gasteiger partial charge in [0.25, 0.3) is 0 Å². The molecule has 0 aromatic rings. The lowest BCUT2D eigenvalue weighted by atomic mass is 10.0. The molecule has 0 saturated heterocycles. The number of ether oxygens (including phenoxy) is 1. The molecule has 0 aromatic heterocycles. The van der Waals surface area contributed by atoms with E-state index in [9.17, 15) is 27.9 Å². The third-order valence-electron chi connectivity index (χ3n) is 1.70. The fraction of sp³-hybridized carbons (Fsp3) is 0.778. The summed E-state index contributed by atoms with van der Waals surface area (Å²) in [7, 11) is 0. The van der Waals surface area contributed by atoms with Crippen LogP contribution in [0.5, 0.6) is 0 Å². The summed E-state index contributed by atoms with van der Waals surface area (Å²) in [5, 5.41) is 20.0. The van der Waals surface area contributed by atoms with Crippen LogP contribution in [0.2, 0.25) is 0 Å². The third kappa shape index (κ3) is 9.85. The second-order valence-corrected chi connectivity index (χ2v) is 3.95. The second kappa shape index (κ2) is 6.55. The maximum absolute atomic E-state index is 11.7. The summed E-state index contributed by atoms with van der Waals surface area (Å²) in [6.45, 7) is -1.58. The number of carbonyl (C=O) groups excluding carboxylic acids is 1. The topological polar surface area (TPSA) is 95.9 Å². The number of carboxylic acids is 1. The number of aliphatic hydroxyl groups is 1. The Morgan fingerprint density at radius 1 is 1.33 bits per heavy atom. The van der Waals surface area contributed by atoms with Gasteiger partial charge in [-0.2, -0.15) is 13.2 Å². The SMILES string of the molecule is CC(O)(CNC(=O)COCC(F)(F)F)CC(=O)O. The van der Waals surface area contributed by atoms with Crippen molar-refractivity contribution in [3.05, 3.63) is 0 Å². The highest BCUT2D eigenvalue weighted by molar-refractivity contribution is 5.77. The van der Waals surface area contributed by atoms with Crippen molar-refractivity contribution in [1.82, 2.24) is 5.32 Å². The van der Waals surface area contributed by atoms with Crippen LogP contribution in [0.25, 0.3) is 0 Å². The fourth-order valence-electron chi connectivity index (χ4n) is 0.988. The van der Waals surface area contributed by atoms with Crippen LogP contribution in [-0.2, 0) is 14.3 Å². The van der Waals surface area contributed by atoms with Gasteiger partial charge in [-0.05, 0) is 6.92 Å². The van der Waals surface area contributed by atoms with E-state index in [4.69, 9.17) is 5.11 Å². The van der Waals surface area contributed by atoms with E-state index in [0.29, 0.717) is 0 Å². The molecule has 0 heterocycles.